The fourth-order valence-electron chi connectivity index (χ4n) is 2.55. The number of hydrogen-bond acceptors (Lipinski definition) is 1. The molecular formula is C19H22ClNO. The number of hydrogen-bond donors (Lipinski definition) is 1. The molecule has 0 spiro atoms. The van der Waals surface area contributed by atoms with Crippen LogP contribution >= 0.6 is 11.6 Å². The minimum Gasteiger partial charge on any atom is -0.326 e. The number of carbonyl (C=O) groups excluding carboxylic acids is 1. The van der Waals surface area contributed by atoms with E-state index in [1.165, 1.54) is 11.1 Å². The van der Waals surface area contributed by atoms with Gasteiger partial charge in [0.2, 0.25) is 5.91 Å². The number of benzene rings is 2. The maximum atomic E-state index is 12.3. The summed E-state index contributed by atoms with van der Waals surface area (Å²) in [6.45, 7) is 4.21. The molecule has 0 aromatic heterocycles. The highest BCUT2D eigenvalue weighted by Crippen LogP contribution is 2.23. The summed E-state index contributed by atoms with van der Waals surface area (Å²) in [6, 6.07) is 13.9. The Labute approximate surface area is 137 Å². The van der Waals surface area contributed by atoms with E-state index in [4.69, 9.17) is 11.6 Å². The first-order chi connectivity index (χ1) is 10.7. The van der Waals surface area contributed by atoms with Crippen molar-refractivity contribution in [2.24, 2.45) is 0 Å². The Bertz CT molecular complexity index is 629. The summed E-state index contributed by atoms with van der Waals surface area (Å²) in [5, 5.41) is 3.81. The van der Waals surface area contributed by atoms with Crippen molar-refractivity contribution in [1.82, 2.24) is 0 Å². The Morgan fingerprint density at radius 3 is 2.14 bits per heavy atom. The highest BCUT2D eigenvalue weighted by molar-refractivity contribution is 6.31. The summed E-state index contributed by atoms with van der Waals surface area (Å²) in [7, 11) is 0. The van der Waals surface area contributed by atoms with Crippen LogP contribution in [0, 0.1) is 0 Å². The number of carbonyl (C=O) groups is 1. The number of nitrogens with one attached hydrogen (secondary N) is 1. The van der Waals surface area contributed by atoms with E-state index in [2.05, 4.69) is 37.4 Å². The van der Waals surface area contributed by atoms with Gasteiger partial charge in [-0.15, -0.1) is 0 Å². The third kappa shape index (κ3) is 4.11. The second-order valence-electron chi connectivity index (χ2n) is 5.30. The number of rotatable bonds is 6. The summed E-state index contributed by atoms with van der Waals surface area (Å²) >= 11 is 6.13. The molecule has 0 radical (unpaired) electrons. The van der Waals surface area contributed by atoms with Crippen LogP contribution in [0.2, 0.25) is 5.02 Å². The molecule has 3 heteroatoms. The molecule has 0 unspecified atom stereocenters. The molecule has 2 aromatic carbocycles. The molecule has 1 amide bonds. The van der Waals surface area contributed by atoms with Crippen molar-refractivity contribution < 1.29 is 4.79 Å². The van der Waals surface area contributed by atoms with E-state index in [-0.39, 0.29) is 5.91 Å². The van der Waals surface area contributed by atoms with Gasteiger partial charge in [0.1, 0.15) is 0 Å². The molecule has 0 aliphatic rings. The average Bonchev–Trinajstić information content (AvgIpc) is 2.54. The van der Waals surface area contributed by atoms with Gasteiger partial charge in [-0.3, -0.25) is 4.79 Å². The molecule has 0 atom stereocenters. The van der Waals surface area contributed by atoms with Gasteiger partial charge in [-0.2, -0.15) is 0 Å². The van der Waals surface area contributed by atoms with E-state index in [1.807, 2.05) is 24.3 Å². The number of para-hydroxylation sites is 1. The lowest BCUT2D eigenvalue weighted by atomic mass is 10.0. The van der Waals surface area contributed by atoms with Crippen LogP contribution in [0.1, 0.15) is 37.0 Å². The van der Waals surface area contributed by atoms with Crippen LogP contribution in [0.25, 0.3) is 0 Å². The third-order valence-electron chi connectivity index (χ3n) is 3.84. The zero-order chi connectivity index (χ0) is 15.9. The van der Waals surface area contributed by atoms with Gasteiger partial charge in [0.05, 0.1) is 0 Å². The topological polar surface area (TPSA) is 29.1 Å². The predicted octanol–water partition coefficient (Wildman–Crippen LogP) is 5.04. The predicted molar refractivity (Wildman–Crippen MR) is 93.6 cm³/mol. The number of amides is 1. The standard InChI is InChI=1S/C19H22ClNO/c1-3-14-9-7-10-15(4-2)19(14)21-18(22)13-12-16-8-5-6-11-17(16)20/h5-11H,3-4,12-13H2,1-2H3,(H,21,22). The lowest BCUT2D eigenvalue weighted by Gasteiger charge is -2.14. The van der Waals surface area contributed by atoms with Crippen LogP contribution in [0.15, 0.2) is 42.5 Å². The molecule has 2 rings (SSSR count). The molecule has 0 aliphatic heterocycles. The smallest absolute Gasteiger partial charge is 0.224 e. The summed E-state index contributed by atoms with van der Waals surface area (Å²) in [5.41, 5.74) is 4.37. The van der Waals surface area contributed by atoms with Gasteiger partial charge < -0.3 is 5.32 Å². The fraction of sp³-hybridized carbons (Fsp3) is 0.316. The van der Waals surface area contributed by atoms with Crippen LogP contribution < -0.4 is 5.32 Å². The van der Waals surface area contributed by atoms with Crippen molar-refractivity contribution in [2.45, 2.75) is 39.5 Å². The molecule has 0 fully saturated rings. The molecule has 22 heavy (non-hydrogen) atoms. The normalized spacial score (nSPS) is 10.5. The van der Waals surface area contributed by atoms with E-state index < -0.39 is 0 Å². The molecule has 2 aromatic rings. The first kappa shape index (κ1) is 16.6. The van der Waals surface area contributed by atoms with E-state index in [9.17, 15) is 4.79 Å². The minimum atomic E-state index is 0.0375. The lowest BCUT2D eigenvalue weighted by Crippen LogP contribution is -2.15. The Morgan fingerprint density at radius 2 is 1.55 bits per heavy atom. The Balaban J connectivity index is 2.05. The van der Waals surface area contributed by atoms with Crippen LogP contribution in [0.4, 0.5) is 5.69 Å². The second kappa shape index (κ2) is 8.00. The monoisotopic (exact) mass is 315 g/mol. The van der Waals surface area contributed by atoms with Crippen molar-refractivity contribution in [1.29, 1.82) is 0 Å². The molecule has 2 nitrogen and oxygen atoms in total. The van der Waals surface area contributed by atoms with Crippen molar-refractivity contribution in [3.8, 4) is 0 Å². The van der Waals surface area contributed by atoms with E-state index >= 15 is 0 Å². The van der Waals surface area contributed by atoms with Gasteiger partial charge in [0, 0.05) is 17.1 Å². The third-order valence-corrected chi connectivity index (χ3v) is 4.21. The summed E-state index contributed by atoms with van der Waals surface area (Å²) in [5.74, 6) is 0.0375. The molecular weight excluding hydrogens is 294 g/mol. The lowest BCUT2D eigenvalue weighted by molar-refractivity contribution is -0.116. The van der Waals surface area contributed by atoms with Crippen LogP contribution in [-0.2, 0) is 24.1 Å². The highest BCUT2D eigenvalue weighted by Gasteiger charge is 2.10. The quantitative estimate of drug-likeness (QED) is 0.795. The van der Waals surface area contributed by atoms with Gasteiger partial charge in [0.15, 0.2) is 0 Å². The van der Waals surface area contributed by atoms with Crippen molar-refractivity contribution >= 4 is 23.2 Å². The summed E-state index contributed by atoms with van der Waals surface area (Å²) < 4.78 is 0. The average molecular weight is 316 g/mol. The second-order valence-corrected chi connectivity index (χ2v) is 5.71. The van der Waals surface area contributed by atoms with Crippen molar-refractivity contribution in [3.05, 3.63) is 64.2 Å². The summed E-state index contributed by atoms with van der Waals surface area (Å²) in [6.07, 6.45) is 2.91. The Morgan fingerprint density at radius 1 is 0.955 bits per heavy atom. The van der Waals surface area contributed by atoms with Gasteiger partial charge >= 0.3 is 0 Å². The number of anilines is 1. The number of aryl methyl sites for hydroxylation is 3. The Hall–Kier alpha value is -1.80. The van der Waals surface area contributed by atoms with Crippen LogP contribution in [-0.4, -0.2) is 5.91 Å². The Kier molecular flexibility index (Phi) is 6.02. The summed E-state index contributed by atoms with van der Waals surface area (Å²) in [4.78, 5) is 12.3. The fourth-order valence-corrected chi connectivity index (χ4v) is 2.78. The molecule has 116 valence electrons. The van der Waals surface area contributed by atoms with Crippen molar-refractivity contribution in [3.63, 3.8) is 0 Å². The molecule has 0 bridgehead atoms. The SMILES string of the molecule is CCc1cccc(CC)c1NC(=O)CCc1ccccc1Cl. The minimum absolute atomic E-state index is 0.0375. The van der Waals surface area contributed by atoms with Gasteiger partial charge in [0.25, 0.3) is 0 Å². The van der Waals surface area contributed by atoms with Crippen LogP contribution in [0.3, 0.4) is 0 Å². The zero-order valence-corrected chi connectivity index (χ0v) is 13.9. The molecule has 1 N–H and O–H groups in total. The number of halogens is 1. The van der Waals surface area contributed by atoms with Gasteiger partial charge in [-0.25, -0.2) is 0 Å². The first-order valence-corrected chi connectivity index (χ1v) is 8.17. The highest BCUT2D eigenvalue weighted by atomic mass is 35.5. The largest absolute Gasteiger partial charge is 0.326 e. The van der Waals surface area contributed by atoms with E-state index in [0.717, 1.165) is 29.1 Å². The van der Waals surface area contributed by atoms with Gasteiger partial charge in [-0.05, 0) is 42.0 Å². The first-order valence-electron chi connectivity index (χ1n) is 7.79. The van der Waals surface area contributed by atoms with Crippen LogP contribution in [0.5, 0.6) is 0 Å². The zero-order valence-electron chi connectivity index (χ0n) is 13.2. The molecule has 0 heterocycles. The maximum Gasteiger partial charge on any atom is 0.224 e. The maximum absolute atomic E-state index is 12.3. The van der Waals surface area contributed by atoms with E-state index in [1.54, 1.807) is 0 Å². The van der Waals surface area contributed by atoms with Crippen molar-refractivity contribution in [2.75, 3.05) is 5.32 Å². The van der Waals surface area contributed by atoms with E-state index in [0.29, 0.717) is 12.8 Å². The molecule has 0 saturated heterocycles. The molecule has 0 aliphatic carbocycles. The molecule has 0 saturated carbocycles. The van der Waals surface area contributed by atoms with Gasteiger partial charge in [-0.1, -0.05) is 61.8 Å².